The molecule has 170 valence electrons. The summed E-state index contributed by atoms with van der Waals surface area (Å²) >= 11 is 0. The Bertz CT molecular complexity index is 1050. The average Bonchev–Trinajstić information content (AvgIpc) is 2.79. The molecule has 0 aliphatic heterocycles. The molecule has 0 fully saturated rings. The van der Waals surface area contributed by atoms with Crippen LogP contribution in [0, 0.1) is 0 Å². The van der Waals surface area contributed by atoms with Crippen molar-refractivity contribution in [3.8, 4) is 17.4 Å². The number of benzene rings is 2. The van der Waals surface area contributed by atoms with E-state index < -0.39 is 10.0 Å². The maximum absolute atomic E-state index is 13.5. The molecule has 8 heteroatoms. The van der Waals surface area contributed by atoms with E-state index in [-0.39, 0.29) is 24.1 Å². The van der Waals surface area contributed by atoms with Crippen LogP contribution in [0.5, 0.6) is 17.4 Å². The molecule has 0 bridgehead atoms. The summed E-state index contributed by atoms with van der Waals surface area (Å²) in [6, 6.07) is 17.8. The largest absolute Gasteiger partial charge is 0.497 e. The van der Waals surface area contributed by atoms with Crippen LogP contribution in [0.15, 0.2) is 71.8 Å². The number of hydrogen-bond donors (Lipinski definition) is 0. The van der Waals surface area contributed by atoms with Crippen LogP contribution < -0.4 is 14.2 Å². The van der Waals surface area contributed by atoms with Gasteiger partial charge in [0.2, 0.25) is 15.9 Å². The molecule has 0 radical (unpaired) electrons. The van der Waals surface area contributed by atoms with Crippen LogP contribution in [-0.4, -0.2) is 38.0 Å². The molecular weight excluding hydrogens is 428 g/mol. The number of aromatic nitrogens is 1. The highest BCUT2D eigenvalue weighted by Gasteiger charge is 2.26. The fraction of sp³-hybridized carbons (Fsp3) is 0.292. The van der Waals surface area contributed by atoms with Gasteiger partial charge in [0.05, 0.1) is 26.5 Å². The second-order valence-electron chi connectivity index (χ2n) is 7.47. The number of sulfonamides is 1. The van der Waals surface area contributed by atoms with Crippen LogP contribution in [-0.2, 0) is 23.1 Å². The molecule has 7 nitrogen and oxygen atoms in total. The Labute approximate surface area is 189 Å². The van der Waals surface area contributed by atoms with E-state index in [1.165, 1.54) is 16.6 Å². The van der Waals surface area contributed by atoms with Gasteiger partial charge in [0.1, 0.15) is 16.4 Å². The molecule has 0 amide bonds. The molecule has 1 aromatic heterocycles. The Morgan fingerprint density at radius 2 is 1.31 bits per heavy atom. The monoisotopic (exact) mass is 456 g/mol. The lowest BCUT2D eigenvalue weighted by molar-refractivity contribution is 0.232. The predicted octanol–water partition coefficient (Wildman–Crippen LogP) is 4.28. The van der Waals surface area contributed by atoms with E-state index in [2.05, 4.69) is 4.98 Å². The lowest BCUT2D eigenvalue weighted by atomic mass is 10.2. The van der Waals surface area contributed by atoms with E-state index in [1.807, 2.05) is 62.4 Å². The molecule has 0 saturated carbocycles. The number of ether oxygens (including phenoxy) is 3. The van der Waals surface area contributed by atoms with Crippen molar-refractivity contribution < 1.29 is 22.6 Å². The van der Waals surface area contributed by atoms with Crippen molar-refractivity contribution in [1.29, 1.82) is 0 Å². The summed E-state index contributed by atoms with van der Waals surface area (Å²) in [6.45, 7) is 4.17. The van der Waals surface area contributed by atoms with Crippen molar-refractivity contribution in [3.63, 3.8) is 0 Å². The Morgan fingerprint density at radius 3 is 1.69 bits per heavy atom. The molecule has 3 aromatic rings. The fourth-order valence-corrected chi connectivity index (χ4v) is 4.44. The van der Waals surface area contributed by atoms with E-state index in [1.54, 1.807) is 20.3 Å². The zero-order valence-corrected chi connectivity index (χ0v) is 19.5. The third-order valence-corrected chi connectivity index (χ3v) is 6.51. The van der Waals surface area contributed by atoms with Crippen LogP contribution in [0.4, 0.5) is 0 Å². The number of hydrogen-bond acceptors (Lipinski definition) is 6. The van der Waals surface area contributed by atoms with Gasteiger partial charge in [-0.1, -0.05) is 24.3 Å². The molecule has 32 heavy (non-hydrogen) atoms. The minimum atomic E-state index is -3.82. The summed E-state index contributed by atoms with van der Waals surface area (Å²) < 4.78 is 44.4. The standard InChI is InChI=1S/C24H28N2O5S/c1-18(2)31-24-14-13-23(15-25-24)32(27,28)26(16-19-5-9-21(29-3)10-6-19)17-20-7-11-22(30-4)12-8-20/h5-15,18H,16-17H2,1-4H3. The van der Waals surface area contributed by atoms with Crippen LogP contribution in [0.3, 0.4) is 0 Å². The van der Waals surface area contributed by atoms with Gasteiger partial charge in [0.25, 0.3) is 0 Å². The number of nitrogens with zero attached hydrogens (tertiary/aromatic N) is 2. The first-order valence-electron chi connectivity index (χ1n) is 10.2. The summed E-state index contributed by atoms with van der Waals surface area (Å²) in [6.07, 6.45) is 1.29. The van der Waals surface area contributed by atoms with Gasteiger partial charge in [-0.05, 0) is 55.3 Å². The maximum atomic E-state index is 13.5. The summed E-state index contributed by atoms with van der Waals surface area (Å²) in [5.74, 6) is 1.81. The van der Waals surface area contributed by atoms with Crippen molar-refractivity contribution >= 4 is 10.0 Å². The van der Waals surface area contributed by atoms with Gasteiger partial charge < -0.3 is 14.2 Å². The molecule has 0 atom stereocenters. The predicted molar refractivity (Wildman–Crippen MR) is 122 cm³/mol. The van der Waals surface area contributed by atoms with Crippen LogP contribution >= 0.6 is 0 Å². The fourth-order valence-electron chi connectivity index (χ4n) is 3.07. The van der Waals surface area contributed by atoms with Gasteiger partial charge in [-0.2, -0.15) is 4.31 Å². The minimum absolute atomic E-state index is 0.0494. The summed E-state index contributed by atoms with van der Waals surface area (Å²) in [4.78, 5) is 4.27. The molecule has 1 heterocycles. The van der Waals surface area contributed by atoms with Gasteiger partial charge in [0, 0.05) is 19.2 Å². The Balaban J connectivity index is 1.91. The van der Waals surface area contributed by atoms with Crippen LogP contribution in [0.25, 0.3) is 0 Å². The van der Waals surface area contributed by atoms with Crippen LogP contribution in [0.2, 0.25) is 0 Å². The van der Waals surface area contributed by atoms with E-state index in [9.17, 15) is 8.42 Å². The highest BCUT2D eigenvalue weighted by atomic mass is 32.2. The molecule has 3 rings (SSSR count). The van der Waals surface area contributed by atoms with E-state index in [4.69, 9.17) is 14.2 Å². The van der Waals surface area contributed by atoms with Crippen molar-refractivity contribution in [1.82, 2.24) is 9.29 Å². The smallest absolute Gasteiger partial charge is 0.245 e. The zero-order chi connectivity index (χ0) is 23.1. The first-order chi connectivity index (χ1) is 15.3. The summed E-state index contributed by atoms with van der Waals surface area (Å²) in [5, 5.41) is 0. The average molecular weight is 457 g/mol. The van der Waals surface area contributed by atoms with E-state index >= 15 is 0 Å². The van der Waals surface area contributed by atoms with Gasteiger partial charge in [0.15, 0.2) is 0 Å². The van der Waals surface area contributed by atoms with Crippen molar-refractivity contribution in [3.05, 3.63) is 78.0 Å². The topological polar surface area (TPSA) is 78.0 Å². The number of rotatable bonds is 10. The molecule has 0 N–H and O–H groups in total. The van der Waals surface area contributed by atoms with Gasteiger partial charge in [-0.15, -0.1) is 0 Å². The second-order valence-corrected chi connectivity index (χ2v) is 9.41. The highest BCUT2D eigenvalue weighted by molar-refractivity contribution is 7.89. The van der Waals surface area contributed by atoms with Gasteiger partial charge in [-0.25, -0.2) is 13.4 Å². The lowest BCUT2D eigenvalue weighted by Gasteiger charge is -2.23. The van der Waals surface area contributed by atoms with E-state index in [0.717, 1.165) is 11.1 Å². The summed E-state index contributed by atoms with van der Waals surface area (Å²) in [5.41, 5.74) is 1.69. The van der Waals surface area contributed by atoms with E-state index in [0.29, 0.717) is 17.4 Å². The highest BCUT2D eigenvalue weighted by Crippen LogP contribution is 2.24. The molecule has 2 aromatic carbocycles. The maximum Gasteiger partial charge on any atom is 0.245 e. The Hall–Kier alpha value is -3.10. The number of pyridine rings is 1. The quantitative estimate of drug-likeness (QED) is 0.453. The lowest BCUT2D eigenvalue weighted by Crippen LogP contribution is -2.30. The van der Waals surface area contributed by atoms with Crippen molar-refractivity contribution in [2.45, 2.75) is 37.9 Å². The van der Waals surface area contributed by atoms with Crippen molar-refractivity contribution in [2.24, 2.45) is 0 Å². The molecule has 0 saturated heterocycles. The molecule has 0 aliphatic rings. The van der Waals surface area contributed by atoms with Gasteiger partial charge in [-0.3, -0.25) is 0 Å². The molecule has 0 spiro atoms. The third kappa shape index (κ3) is 5.99. The molecular formula is C24H28N2O5S. The van der Waals surface area contributed by atoms with Gasteiger partial charge >= 0.3 is 0 Å². The van der Waals surface area contributed by atoms with Crippen LogP contribution in [0.1, 0.15) is 25.0 Å². The molecule has 0 unspecified atom stereocenters. The SMILES string of the molecule is COc1ccc(CN(Cc2ccc(OC)cc2)S(=O)(=O)c2ccc(OC(C)C)nc2)cc1. The normalized spacial score (nSPS) is 11.6. The number of methoxy groups -OCH3 is 2. The first-order valence-corrected chi connectivity index (χ1v) is 11.6. The molecule has 0 aliphatic carbocycles. The first kappa shape index (κ1) is 23.6. The second kappa shape index (κ2) is 10.5. The zero-order valence-electron chi connectivity index (χ0n) is 18.7. The minimum Gasteiger partial charge on any atom is -0.497 e. The third-order valence-electron chi connectivity index (χ3n) is 4.74. The Morgan fingerprint density at radius 1 is 0.812 bits per heavy atom. The summed E-state index contributed by atoms with van der Waals surface area (Å²) in [7, 11) is -0.637. The Kier molecular flexibility index (Phi) is 7.71. The van der Waals surface area contributed by atoms with Crippen molar-refractivity contribution in [2.75, 3.05) is 14.2 Å².